The SMILES string of the molecule is CC(Cn1nnc([N+](=O)[O-])n1)=NNC(=O)Cc1nn[nH]n1. The highest BCUT2D eigenvalue weighted by atomic mass is 16.6. The average Bonchev–Trinajstić information content (AvgIpc) is 3.08. The van der Waals surface area contributed by atoms with Crippen molar-refractivity contribution in [2.45, 2.75) is 19.9 Å². The number of nitro groups is 1. The molecule has 2 N–H and O–H groups in total. The summed E-state index contributed by atoms with van der Waals surface area (Å²) in [6.07, 6.45) is -0.0830. The Kier molecular flexibility index (Phi) is 4.17. The number of nitrogens with zero attached hydrogens (tertiary/aromatic N) is 9. The zero-order valence-corrected chi connectivity index (χ0v) is 10.7. The standard InChI is InChI=1S/C7H9N11O3/c1-4(3-17-13-7(12-16-17)18(20)21)8-11-6(19)2-5-9-14-15-10-5/h2-3H2,1H3,(H,11,19)(H,9,10,14,15). The lowest BCUT2D eigenvalue weighted by Crippen LogP contribution is -2.23. The minimum atomic E-state index is -0.761. The molecule has 21 heavy (non-hydrogen) atoms. The summed E-state index contributed by atoms with van der Waals surface area (Å²) in [6.45, 7) is 1.63. The largest absolute Gasteiger partial charge is 0.514 e. The van der Waals surface area contributed by atoms with Crippen LogP contribution in [-0.4, -0.2) is 57.4 Å². The Bertz CT molecular complexity index is 659. The average molecular weight is 295 g/mol. The van der Waals surface area contributed by atoms with E-state index in [4.69, 9.17) is 0 Å². The number of tetrazole rings is 2. The summed E-state index contributed by atoms with van der Waals surface area (Å²) in [4.78, 5) is 22.1. The molecule has 2 rings (SSSR count). The van der Waals surface area contributed by atoms with Crippen molar-refractivity contribution in [3.63, 3.8) is 0 Å². The van der Waals surface area contributed by atoms with E-state index in [1.807, 2.05) is 0 Å². The summed E-state index contributed by atoms with van der Waals surface area (Å²) in [6, 6.07) is 0. The molecule has 2 heterocycles. The molecule has 0 saturated carbocycles. The van der Waals surface area contributed by atoms with Gasteiger partial charge in [-0.05, 0) is 11.8 Å². The van der Waals surface area contributed by atoms with Gasteiger partial charge in [0.05, 0.1) is 22.3 Å². The maximum Gasteiger partial charge on any atom is 0.514 e. The highest BCUT2D eigenvalue weighted by Gasteiger charge is 2.15. The van der Waals surface area contributed by atoms with Gasteiger partial charge in [-0.15, -0.1) is 10.2 Å². The molecule has 0 bridgehead atoms. The summed E-state index contributed by atoms with van der Waals surface area (Å²) in [7, 11) is 0. The van der Waals surface area contributed by atoms with Crippen LogP contribution >= 0.6 is 0 Å². The van der Waals surface area contributed by atoms with E-state index in [1.165, 1.54) is 0 Å². The van der Waals surface area contributed by atoms with Crippen LogP contribution in [0.1, 0.15) is 12.7 Å². The molecule has 0 unspecified atom stereocenters. The number of H-pyrrole nitrogens is 1. The quantitative estimate of drug-likeness (QED) is 0.340. The van der Waals surface area contributed by atoms with Gasteiger partial charge in [-0.2, -0.15) is 10.3 Å². The topological polar surface area (TPSA) is 183 Å². The second-order valence-corrected chi connectivity index (χ2v) is 3.76. The van der Waals surface area contributed by atoms with E-state index in [0.29, 0.717) is 5.71 Å². The number of aromatic amines is 1. The molecule has 0 aliphatic heterocycles. The molecule has 2 aromatic rings. The van der Waals surface area contributed by atoms with E-state index < -0.39 is 16.8 Å². The van der Waals surface area contributed by atoms with Crippen molar-refractivity contribution in [3.05, 3.63) is 15.9 Å². The molecular weight excluding hydrogens is 286 g/mol. The fourth-order valence-electron chi connectivity index (χ4n) is 1.21. The van der Waals surface area contributed by atoms with Gasteiger partial charge in [0.15, 0.2) is 5.82 Å². The van der Waals surface area contributed by atoms with Crippen molar-refractivity contribution in [1.29, 1.82) is 0 Å². The van der Waals surface area contributed by atoms with Crippen molar-refractivity contribution in [2.24, 2.45) is 5.10 Å². The zero-order valence-electron chi connectivity index (χ0n) is 10.7. The van der Waals surface area contributed by atoms with Gasteiger partial charge in [0.1, 0.15) is 6.54 Å². The predicted octanol–water partition coefficient (Wildman–Crippen LogP) is -2.17. The van der Waals surface area contributed by atoms with Crippen LogP contribution in [0.4, 0.5) is 5.95 Å². The molecule has 14 nitrogen and oxygen atoms in total. The van der Waals surface area contributed by atoms with E-state index in [-0.39, 0.29) is 18.8 Å². The molecular formula is C7H9N11O3. The normalized spacial score (nSPS) is 11.4. The van der Waals surface area contributed by atoms with E-state index >= 15 is 0 Å². The monoisotopic (exact) mass is 295 g/mol. The van der Waals surface area contributed by atoms with E-state index in [2.05, 4.69) is 46.6 Å². The van der Waals surface area contributed by atoms with Crippen molar-refractivity contribution < 1.29 is 9.72 Å². The summed E-state index contributed by atoms with van der Waals surface area (Å²) in [5.74, 6) is -0.814. The minimum absolute atomic E-state index is 0.0450. The van der Waals surface area contributed by atoms with Crippen LogP contribution in [0, 0.1) is 10.1 Å². The lowest BCUT2D eigenvalue weighted by atomic mass is 10.4. The third-order valence-corrected chi connectivity index (χ3v) is 2.06. The second-order valence-electron chi connectivity index (χ2n) is 3.76. The third kappa shape index (κ3) is 4.08. The Morgan fingerprint density at radius 2 is 2.33 bits per heavy atom. The van der Waals surface area contributed by atoms with Crippen LogP contribution < -0.4 is 5.43 Å². The van der Waals surface area contributed by atoms with Crippen LogP contribution in [0.25, 0.3) is 0 Å². The van der Waals surface area contributed by atoms with Gasteiger partial charge in [-0.3, -0.25) is 4.79 Å². The van der Waals surface area contributed by atoms with Crippen LogP contribution in [-0.2, 0) is 17.8 Å². The van der Waals surface area contributed by atoms with Gasteiger partial charge in [-0.25, -0.2) is 5.43 Å². The number of hydrazone groups is 1. The Balaban J connectivity index is 1.85. The molecule has 14 heteroatoms. The molecule has 0 aromatic carbocycles. The maximum atomic E-state index is 11.5. The molecule has 0 aliphatic carbocycles. The molecule has 1 amide bonds. The molecule has 0 radical (unpaired) electrons. The predicted molar refractivity (Wildman–Crippen MR) is 63.6 cm³/mol. The van der Waals surface area contributed by atoms with Crippen LogP contribution in [0.3, 0.4) is 0 Å². The highest BCUT2D eigenvalue weighted by molar-refractivity contribution is 5.84. The number of nitrogens with one attached hydrogen (secondary N) is 2. The summed E-state index contributed by atoms with van der Waals surface area (Å²) < 4.78 is 0. The molecule has 0 saturated heterocycles. The Labute approximate surface area is 115 Å². The first-order valence-corrected chi connectivity index (χ1v) is 5.51. The van der Waals surface area contributed by atoms with E-state index in [1.54, 1.807) is 6.92 Å². The number of hydrogen-bond donors (Lipinski definition) is 2. The van der Waals surface area contributed by atoms with Gasteiger partial charge in [0.2, 0.25) is 5.91 Å². The molecule has 2 aromatic heterocycles. The number of carbonyl (C=O) groups excluding carboxylic acids is 1. The summed E-state index contributed by atoms with van der Waals surface area (Å²) >= 11 is 0. The van der Waals surface area contributed by atoms with E-state index in [0.717, 1.165) is 4.80 Å². The Morgan fingerprint density at radius 3 is 2.95 bits per heavy atom. The first-order valence-electron chi connectivity index (χ1n) is 5.51. The van der Waals surface area contributed by atoms with Crippen molar-refractivity contribution in [2.75, 3.05) is 0 Å². The first kappa shape index (κ1) is 14.1. The lowest BCUT2D eigenvalue weighted by molar-refractivity contribution is -0.394. The van der Waals surface area contributed by atoms with E-state index in [9.17, 15) is 14.9 Å². The highest BCUT2D eigenvalue weighted by Crippen LogP contribution is 1.96. The third-order valence-electron chi connectivity index (χ3n) is 2.06. The number of carbonyl (C=O) groups is 1. The first-order chi connectivity index (χ1) is 10.0. The number of hydrogen-bond acceptors (Lipinski definition) is 10. The van der Waals surface area contributed by atoms with Gasteiger partial charge >= 0.3 is 5.95 Å². The fraction of sp³-hybridized carbons (Fsp3) is 0.429. The molecule has 0 spiro atoms. The van der Waals surface area contributed by atoms with Gasteiger partial charge < -0.3 is 10.1 Å². The van der Waals surface area contributed by atoms with Crippen LogP contribution in [0.2, 0.25) is 0 Å². The molecule has 0 atom stereocenters. The summed E-state index contributed by atoms with van der Waals surface area (Å²) in [5.41, 5.74) is 2.69. The van der Waals surface area contributed by atoms with Crippen molar-refractivity contribution >= 4 is 17.6 Å². The summed E-state index contributed by atoms with van der Waals surface area (Å²) in [5, 5.41) is 37.1. The smallest absolute Gasteiger partial charge is 0.390 e. The van der Waals surface area contributed by atoms with Crippen LogP contribution in [0.15, 0.2) is 5.10 Å². The Morgan fingerprint density at radius 1 is 1.52 bits per heavy atom. The zero-order chi connectivity index (χ0) is 15.2. The number of rotatable bonds is 6. The maximum absolute atomic E-state index is 11.5. The van der Waals surface area contributed by atoms with Crippen LogP contribution in [0.5, 0.6) is 0 Å². The fourth-order valence-corrected chi connectivity index (χ4v) is 1.21. The van der Waals surface area contributed by atoms with Crippen molar-refractivity contribution in [1.82, 2.24) is 46.3 Å². The number of amides is 1. The molecule has 0 aliphatic rings. The number of aromatic nitrogens is 8. The van der Waals surface area contributed by atoms with Gasteiger partial charge in [0.25, 0.3) is 0 Å². The lowest BCUT2D eigenvalue weighted by Gasteiger charge is -1.98. The Hall–Kier alpha value is -3.32. The van der Waals surface area contributed by atoms with Gasteiger partial charge in [-0.1, -0.05) is 10.0 Å². The molecule has 110 valence electrons. The van der Waals surface area contributed by atoms with Crippen molar-refractivity contribution in [3.8, 4) is 0 Å². The molecule has 0 fully saturated rings. The second kappa shape index (κ2) is 6.22. The minimum Gasteiger partial charge on any atom is -0.390 e. The van der Waals surface area contributed by atoms with Gasteiger partial charge in [0, 0.05) is 5.21 Å².